The third-order valence-electron chi connectivity index (χ3n) is 2.27. The van der Waals surface area contributed by atoms with Gasteiger partial charge in [0.1, 0.15) is 5.69 Å². The molecule has 0 unspecified atom stereocenters. The van der Waals surface area contributed by atoms with Crippen molar-refractivity contribution in [3.8, 4) is 0 Å². The van der Waals surface area contributed by atoms with E-state index in [1.165, 1.54) is 5.56 Å². The van der Waals surface area contributed by atoms with Gasteiger partial charge in [-0.1, -0.05) is 18.2 Å². The minimum absolute atomic E-state index is 0.515. The third-order valence-corrected chi connectivity index (χ3v) is 2.27. The number of nitrogens with one attached hydrogen (secondary N) is 1. The summed E-state index contributed by atoms with van der Waals surface area (Å²) in [5.41, 5.74) is 8.82. The predicted molar refractivity (Wildman–Crippen MR) is 62.1 cm³/mol. The average molecular weight is 202 g/mol. The Morgan fingerprint density at radius 1 is 1.27 bits per heavy atom. The van der Waals surface area contributed by atoms with E-state index in [2.05, 4.69) is 23.4 Å². The highest BCUT2D eigenvalue weighted by molar-refractivity contribution is 5.70. The van der Waals surface area contributed by atoms with E-state index in [-0.39, 0.29) is 0 Å². The zero-order chi connectivity index (χ0) is 10.8. The zero-order valence-corrected chi connectivity index (χ0v) is 8.86. The van der Waals surface area contributed by atoms with Crippen molar-refractivity contribution in [3.63, 3.8) is 0 Å². The average Bonchev–Trinajstić information content (AvgIpc) is 2.49. The fourth-order valence-electron chi connectivity index (χ4n) is 1.46. The molecule has 1 aromatic carbocycles. The molecule has 0 amide bonds. The van der Waals surface area contributed by atoms with Crippen molar-refractivity contribution >= 4 is 17.2 Å². The maximum absolute atomic E-state index is 5.74. The Hall–Kier alpha value is -1.97. The summed E-state index contributed by atoms with van der Waals surface area (Å²) < 4.78 is 1.69. The number of hydrogen-bond donors (Lipinski definition) is 2. The van der Waals surface area contributed by atoms with Crippen LogP contribution in [0.4, 0.5) is 17.2 Å². The quantitative estimate of drug-likeness (QED) is 0.783. The highest BCUT2D eigenvalue weighted by Crippen LogP contribution is 2.23. The molecule has 4 heteroatoms. The Morgan fingerprint density at radius 2 is 2.00 bits per heavy atom. The van der Waals surface area contributed by atoms with Gasteiger partial charge in [-0.25, -0.2) is 0 Å². The second kappa shape index (κ2) is 3.65. The number of hydrogen-bond acceptors (Lipinski definition) is 3. The third kappa shape index (κ3) is 1.93. The maximum atomic E-state index is 5.74. The Morgan fingerprint density at radius 3 is 2.60 bits per heavy atom. The van der Waals surface area contributed by atoms with Crippen molar-refractivity contribution in [3.05, 3.63) is 36.0 Å². The standard InChI is InChI=1S/C11H14N4/c1-8-5-3-4-6-9(8)13-10-7-15(2)14-11(10)12/h3-7,13H,1-2H3,(H2,12,14). The molecule has 4 nitrogen and oxygen atoms in total. The van der Waals surface area contributed by atoms with Crippen LogP contribution in [0.5, 0.6) is 0 Å². The number of para-hydroxylation sites is 1. The van der Waals surface area contributed by atoms with Gasteiger partial charge in [0.25, 0.3) is 0 Å². The van der Waals surface area contributed by atoms with Gasteiger partial charge < -0.3 is 11.1 Å². The Balaban J connectivity index is 2.29. The van der Waals surface area contributed by atoms with Gasteiger partial charge in [-0.2, -0.15) is 5.10 Å². The number of benzene rings is 1. The van der Waals surface area contributed by atoms with Crippen LogP contribution in [0.1, 0.15) is 5.56 Å². The second-order valence-electron chi connectivity index (χ2n) is 3.54. The molecule has 0 fully saturated rings. The van der Waals surface area contributed by atoms with Crippen molar-refractivity contribution in [2.24, 2.45) is 7.05 Å². The van der Waals surface area contributed by atoms with E-state index in [9.17, 15) is 0 Å². The lowest BCUT2D eigenvalue weighted by Crippen LogP contribution is -1.95. The normalized spacial score (nSPS) is 10.3. The summed E-state index contributed by atoms with van der Waals surface area (Å²) in [6, 6.07) is 8.06. The number of aryl methyl sites for hydroxylation is 2. The monoisotopic (exact) mass is 202 g/mol. The first kappa shape index (κ1) is 9.58. The summed E-state index contributed by atoms with van der Waals surface area (Å²) in [7, 11) is 1.85. The van der Waals surface area contributed by atoms with E-state index >= 15 is 0 Å². The minimum Gasteiger partial charge on any atom is -0.380 e. The summed E-state index contributed by atoms with van der Waals surface area (Å²) in [5.74, 6) is 0.515. The molecule has 0 spiro atoms. The number of nitrogens with zero attached hydrogens (tertiary/aromatic N) is 2. The number of aromatic nitrogens is 2. The molecule has 3 N–H and O–H groups in total. The molecule has 2 rings (SSSR count). The first-order valence-electron chi connectivity index (χ1n) is 4.78. The summed E-state index contributed by atoms with van der Waals surface area (Å²) in [5, 5.41) is 7.32. The van der Waals surface area contributed by atoms with Crippen molar-refractivity contribution in [2.45, 2.75) is 6.92 Å². The van der Waals surface area contributed by atoms with Crippen molar-refractivity contribution in [1.29, 1.82) is 0 Å². The highest BCUT2D eigenvalue weighted by atomic mass is 15.3. The van der Waals surface area contributed by atoms with Crippen LogP contribution in [0.2, 0.25) is 0 Å². The van der Waals surface area contributed by atoms with Crippen LogP contribution in [0.15, 0.2) is 30.5 Å². The number of nitrogens with two attached hydrogens (primary N) is 1. The molecule has 78 valence electrons. The van der Waals surface area contributed by atoms with Gasteiger partial charge in [-0.05, 0) is 18.6 Å². The van der Waals surface area contributed by atoms with Crippen molar-refractivity contribution in [2.75, 3.05) is 11.1 Å². The minimum atomic E-state index is 0.515. The van der Waals surface area contributed by atoms with Gasteiger partial charge >= 0.3 is 0 Å². The van der Waals surface area contributed by atoms with Gasteiger partial charge in [0.05, 0.1) is 6.20 Å². The van der Waals surface area contributed by atoms with Crippen LogP contribution >= 0.6 is 0 Å². The predicted octanol–water partition coefficient (Wildman–Crippen LogP) is 2.05. The van der Waals surface area contributed by atoms with E-state index in [1.54, 1.807) is 4.68 Å². The van der Waals surface area contributed by atoms with Crippen LogP contribution in [0.3, 0.4) is 0 Å². The van der Waals surface area contributed by atoms with Crippen molar-refractivity contribution in [1.82, 2.24) is 9.78 Å². The van der Waals surface area contributed by atoms with Crippen LogP contribution in [0, 0.1) is 6.92 Å². The summed E-state index contributed by atoms with van der Waals surface area (Å²) in [6.07, 6.45) is 1.86. The molecule has 0 aliphatic rings. The molecule has 1 heterocycles. The topological polar surface area (TPSA) is 55.9 Å². The molecule has 0 saturated carbocycles. The molecule has 1 aromatic heterocycles. The SMILES string of the molecule is Cc1ccccc1Nc1cn(C)nc1N. The largest absolute Gasteiger partial charge is 0.380 e. The molecular weight excluding hydrogens is 188 g/mol. The van der Waals surface area contributed by atoms with Gasteiger partial charge in [-0.3, -0.25) is 4.68 Å². The summed E-state index contributed by atoms with van der Waals surface area (Å²) >= 11 is 0. The number of rotatable bonds is 2. The van der Waals surface area contributed by atoms with E-state index in [0.29, 0.717) is 5.82 Å². The smallest absolute Gasteiger partial charge is 0.169 e. The molecule has 0 bridgehead atoms. The number of nitrogen functional groups attached to an aromatic ring is 1. The van der Waals surface area contributed by atoms with Gasteiger partial charge in [-0.15, -0.1) is 0 Å². The van der Waals surface area contributed by atoms with Crippen LogP contribution < -0.4 is 11.1 Å². The Bertz CT molecular complexity index is 473. The lowest BCUT2D eigenvalue weighted by molar-refractivity contribution is 0.772. The van der Waals surface area contributed by atoms with Crippen LogP contribution in [-0.2, 0) is 7.05 Å². The molecule has 0 saturated heterocycles. The summed E-state index contributed by atoms with van der Waals surface area (Å²) in [4.78, 5) is 0. The van der Waals surface area contributed by atoms with Crippen LogP contribution in [-0.4, -0.2) is 9.78 Å². The lowest BCUT2D eigenvalue weighted by Gasteiger charge is -2.07. The van der Waals surface area contributed by atoms with E-state index in [4.69, 9.17) is 5.73 Å². The first-order chi connectivity index (χ1) is 7.16. The molecule has 0 radical (unpaired) electrons. The molecule has 0 atom stereocenters. The molecule has 15 heavy (non-hydrogen) atoms. The van der Waals surface area contributed by atoms with Gasteiger partial charge in [0.15, 0.2) is 5.82 Å². The highest BCUT2D eigenvalue weighted by Gasteiger charge is 2.04. The van der Waals surface area contributed by atoms with Gasteiger partial charge in [0.2, 0.25) is 0 Å². The van der Waals surface area contributed by atoms with Gasteiger partial charge in [0, 0.05) is 12.7 Å². The van der Waals surface area contributed by atoms with Crippen molar-refractivity contribution < 1.29 is 0 Å². The van der Waals surface area contributed by atoms with E-state index in [0.717, 1.165) is 11.4 Å². The Kier molecular flexibility index (Phi) is 2.33. The molecule has 0 aliphatic carbocycles. The molecule has 0 aliphatic heterocycles. The second-order valence-corrected chi connectivity index (χ2v) is 3.54. The fraction of sp³-hybridized carbons (Fsp3) is 0.182. The van der Waals surface area contributed by atoms with E-state index < -0.39 is 0 Å². The number of anilines is 3. The molecule has 2 aromatic rings. The fourth-order valence-corrected chi connectivity index (χ4v) is 1.46. The maximum Gasteiger partial charge on any atom is 0.169 e. The zero-order valence-electron chi connectivity index (χ0n) is 8.86. The van der Waals surface area contributed by atoms with E-state index in [1.807, 2.05) is 31.4 Å². The summed E-state index contributed by atoms with van der Waals surface area (Å²) in [6.45, 7) is 2.05. The van der Waals surface area contributed by atoms with Crippen LogP contribution in [0.25, 0.3) is 0 Å². The first-order valence-corrected chi connectivity index (χ1v) is 4.78. The lowest BCUT2D eigenvalue weighted by atomic mass is 10.2. The molecular formula is C11H14N4. The Labute approximate surface area is 88.7 Å².